The van der Waals surface area contributed by atoms with Crippen molar-refractivity contribution in [3.63, 3.8) is 0 Å². The summed E-state index contributed by atoms with van der Waals surface area (Å²) in [6.07, 6.45) is 0. The third kappa shape index (κ3) is 8.23. The van der Waals surface area contributed by atoms with Crippen LogP contribution in [0.15, 0.2) is 75.1 Å². The zero-order chi connectivity index (χ0) is 24.1. The third-order valence-corrected chi connectivity index (χ3v) is 4.62. The summed E-state index contributed by atoms with van der Waals surface area (Å²) in [7, 11) is 1.92. The molecular weight excluding hydrogens is 624 g/mol. The van der Waals surface area contributed by atoms with Crippen molar-refractivity contribution in [2.45, 2.75) is 41.5 Å². The van der Waals surface area contributed by atoms with Crippen LogP contribution < -0.4 is 5.32 Å². The Morgan fingerprint density at radius 3 is 1.47 bits per heavy atom. The van der Waals surface area contributed by atoms with Crippen molar-refractivity contribution >= 4 is 65.7 Å². The van der Waals surface area contributed by atoms with Gasteiger partial charge in [0.25, 0.3) is 0 Å². The highest BCUT2D eigenvalue weighted by Crippen LogP contribution is 2.32. The predicted molar refractivity (Wildman–Crippen MR) is 156 cm³/mol. The minimum Gasteiger partial charge on any atom is -0.388 e. The number of azo groups is 2. The first-order chi connectivity index (χ1) is 15.5. The number of nitrogens with zero attached hydrogens (tertiary/aromatic N) is 4. The van der Waals surface area contributed by atoms with Crippen molar-refractivity contribution < 1.29 is 0 Å². The molecule has 0 aromatic heterocycles. The van der Waals surface area contributed by atoms with E-state index in [-0.39, 0.29) is 0 Å². The normalized spacial score (nSPS) is 10.4. The number of rotatable bonds is 5. The first kappa shape index (κ1) is 28.2. The molecule has 1 N–H and O–H groups in total. The van der Waals surface area contributed by atoms with Crippen LogP contribution in [0.5, 0.6) is 0 Å². The maximum Gasteiger partial charge on any atom is 0.0890 e. The van der Waals surface area contributed by atoms with Crippen molar-refractivity contribution in [3.8, 4) is 0 Å². The molecule has 32 heavy (non-hydrogen) atoms. The van der Waals surface area contributed by atoms with Crippen molar-refractivity contribution in [1.29, 1.82) is 0 Å². The molecule has 7 heteroatoms. The van der Waals surface area contributed by atoms with Crippen molar-refractivity contribution in [2.75, 3.05) is 12.4 Å². The van der Waals surface area contributed by atoms with Crippen LogP contribution >= 0.6 is 37.2 Å². The van der Waals surface area contributed by atoms with Gasteiger partial charge in [-0.05, 0) is 86.3 Å². The average Bonchev–Trinajstić information content (AvgIpc) is 2.83. The minimum atomic E-state index is 0.833. The van der Waals surface area contributed by atoms with E-state index < -0.39 is 0 Å². The van der Waals surface area contributed by atoms with E-state index in [0.717, 1.165) is 50.7 Å². The van der Waals surface area contributed by atoms with Crippen LogP contribution in [0, 0.1) is 27.7 Å². The largest absolute Gasteiger partial charge is 0.388 e. The Morgan fingerprint density at radius 1 is 0.594 bits per heavy atom. The van der Waals surface area contributed by atoms with E-state index in [1.807, 2.05) is 84.1 Å². The van der Waals surface area contributed by atoms with Crippen molar-refractivity contribution in [1.82, 2.24) is 0 Å². The Hall–Kier alpha value is -1.88. The number of benzene rings is 3. The van der Waals surface area contributed by atoms with E-state index >= 15 is 0 Å². The van der Waals surface area contributed by atoms with Gasteiger partial charge in [-0.2, -0.15) is 20.5 Å². The summed E-state index contributed by atoms with van der Waals surface area (Å²) >= 11 is 4.24. The second-order valence-corrected chi connectivity index (χ2v) is 6.86. The Kier molecular flexibility index (Phi) is 13.2. The summed E-state index contributed by atoms with van der Waals surface area (Å²) in [5, 5.41) is 20.8. The van der Waals surface area contributed by atoms with Gasteiger partial charge in [0.2, 0.25) is 0 Å². The third-order valence-electron chi connectivity index (χ3n) is 4.62. The molecule has 0 atom stereocenters. The van der Waals surface area contributed by atoms with Crippen molar-refractivity contribution in [2.24, 2.45) is 20.5 Å². The van der Waals surface area contributed by atoms with Gasteiger partial charge in [-0.15, -0.1) is 0 Å². The molecule has 5 nitrogen and oxygen atoms in total. The number of anilines is 1. The van der Waals surface area contributed by atoms with E-state index in [1.54, 1.807) is 0 Å². The molecule has 0 saturated heterocycles. The zero-order valence-electron chi connectivity index (χ0n) is 19.7. The molecule has 0 aliphatic rings. The van der Waals surface area contributed by atoms with Gasteiger partial charge in [-0.25, -0.2) is 0 Å². The fourth-order valence-electron chi connectivity index (χ4n) is 2.89. The second kappa shape index (κ2) is 15.0. The molecular formula is C25H31I2N5. The lowest BCUT2D eigenvalue weighted by Crippen LogP contribution is -1.92. The summed E-state index contributed by atoms with van der Waals surface area (Å²) < 4.78 is 0. The van der Waals surface area contributed by atoms with E-state index in [4.69, 9.17) is 0 Å². The maximum absolute atomic E-state index is 4.49. The molecule has 0 spiro atoms. The number of hydrogen-bond acceptors (Lipinski definition) is 5. The number of hydrogen-bond donors (Lipinski definition) is 1. The first-order valence-electron chi connectivity index (χ1n) is 10.4. The standard InChI is InChI=1S/C23H25N5.C2H6.I2/c1-15-12-22(16(2)11-20(15)24-5)27-28-23-14-17(3)21(13-18(23)4)26-25-19-9-7-6-8-10-19;2*1-2/h6-14,24H,1-5H3;1-2H3;. The maximum atomic E-state index is 4.49. The molecule has 0 heterocycles. The quantitative estimate of drug-likeness (QED) is 0.216. The summed E-state index contributed by atoms with van der Waals surface area (Å²) in [6.45, 7) is 12.1. The molecule has 0 aliphatic carbocycles. The van der Waals surface area contributed by atoms with Crippen LogP contribution in [0.25, 0.3) is 0 Å². The van der Waals surface area contributed by atoms with E-state index in [9.17, 15) is 0 Å². The van der Waals surface area contributed by atoms with Crippen LogP contribution in [-0.2, 0) is 0 Å². The molecule has 0 amide bonds. The Bertz CT molecular complexity index is 1050. The van der Waals surface area contributed by atoms with Crippen molar-refractivity contribution in [3.05, 3.63) is 76.9 Å². The SMILES string of the molecule is CC.CNc1cc(C)c(N=Nc2cc(C)c(N=Nc3ccccc3)cc2C)cc1C.II. The summed E-state index contributed by atoms with van der Waals surface area (Å²) in [5.41, 5.74) is 8.75. The highest BCUT2D eigenvalue weighted by atomic mass is 128. The van der Waals surface area contributed by atoms with Crippen LogP contribution in [0.3, 0.4) is 0 Å². The molecule has 3 rings (SSSR count). The van der Waals surface area contributed by atoms with Gasteiger partial charge < -0.3 is 5.32 Å². The lowest BCUT2D eigenvalue weighted by atomic mass is 10.1. The first-order valence-corrected chi connectivity index (χ1v) is 16.7. The molecule has 0 radical (unpaired) electrons. The number of nitrogens with one attached hydrogen (secondary N) is 1. The summed E-state index contributed by atoms with van der Waals surface area (Å²) in [6, 6.07) is 17.9. The number of halogens is 2. The smallest absolute Gasteiger partial charge is 0.0890 e. The lowest BCUT2D eigenvalue weighted by molar-refractivity contribution is 1.16. The summed E-state index contributed by atoms with van der Waals surface area (Å²) in [4.78, 5) is 0. The van der Waals surface area contributed by atoms with Crippen LogP contribution in [0.4, 0.5) is 28.4 Å². The molecule has 0 aliphatic heterocycles. The van der Waals surface area contributed by atoms with E-state index in [0.29, 0.717) is 0 Å². The van der Waals surface area contributed by atoms with Gasteiger partial charge in [0.15, 0.2) is 0 Å². The Morgan fingerprint density at radius 2 is 1.00 bits per heavy atom. The number of aryl methyl sites for hydroxylation is 4. The summed E-state index contributed by atoms with van der Waals surface area (Å²) in [5.74, 6) is 0. The van der Waals surface area contributed by atoms with E-state index in [2.05, 4.69) is 82.1 Å². The highest BCUT2D eigenvalue weighted by Gasteiger charge is 2.06. The Labute approximate surface area is 215 Å². The highest BCUT2D eigenvalue weighted by molar-refractivity contribution is 15.0. The van der Waals surface area contributed by atoms with E-state index in [1.165, 1.54) is 0 Å². The monoisotopic (exact) mass is 655 g/mol. The fraction of sp³-hybridized carbons (Fsp3) is 0.280. The Balaban J connectivity index is 0.00000121. The average molecular weight is 655 g/mol. The van der Waals surface area contributed by atoms with Gasteiger partial charge in [0, 0.05) is 50.0 Å². The van der Waals surface area contributed by atoms with Gasteiger partial charge >= 0.3 is 0 Å². The molecule has 3 aromatic rings. The van der Waals surface area contributed by atoms with Gasteiger partial charge in [0.1, 0.15) is 0 Å². The predicted octanol–water partition coefficient (Wildman–Crippen LogP) is 10.6. The molecule has 170 valence electrons. The van der Waals surface area contributed by atoms with Gasteiger partial charge in [-0.3, -0.25) is 0 Å². The van der Waals surface area contributed by atoms with Gasteiger partial charge in [-0.1, -0.05) is 32.0 Å². The molecule has 0 bridgehead atoms. The lowest BCUT2D eigenvalue weighted by Gasteiger charge is -2.09. The molecule has 3 aromatic carbocycles. The van der Waals surface area contributed by atoms with Crippen LogP contribution in [0.1, 0.15) is 36.1 Å². The molecule has 0 saturated carbocycles. The van der Waals surface area contributed by atoms with Crippen LogP contribution in [0.2, 0.25) is 0 Å². The fourth-order valence-corrected chi connectivity index (χ4v) is 2.89. The zero-order valence-corrected chi connectivity index (χ0v) is 24.1. The molecule has 0 fully saturated rings. The minimum absolute atomic E-state index is 0.833. The van der Waals surface area contributed by atoms with Crippen LogP contribution in [-0.4, -0.2) is 7.05 Å². The second-order valence-electron chi connectivity index (χ2n) is 6.86. The topological polar surface area (TPSA) is 61.5 Å². The molecule has 0 unspecified atom stereocenters. The van der Waals surface area contributed by atoms with Gasteiger partial charge in [0.05, 0.1) is 22.7 Å².